The zero-order valence-corrected chi connectivity index (χ0v) is 22.6. The van der Waals surface area contributed by atoms with E-state index in [-0.39, 0.29) is 0 Å². The molecule has 0 aliphatic heterocycles. The first-order valence-corrected chi connectivity index (χ1v) is 12.9. The van der Waals surface area contributed by atoms with Gasteiger partial charge >= 0.3 is 5.97 Å². The summed E-state index contributed by atoms with van der Waals surface area (Å²) in [6.07, 6.45) is 19.3. The molecule has 0 saturated carbocycles. The highest BCUT2D eigenvalue weighted by Crippen LogP contribution is 2.15. The molecule has 0 aliphatic carbocycles. The standard InChI is InChI=1S/C32H46O3/c1-26(15-10-16-28(3)19-12-20-30(5)32(33)34)13-9-14-27(2)17-11-18-29(4)23-24-35-25-31-21-7-6-8-22-31/h6-8,13,16-17,20-23H,9-12,14-15,18-19,24-25H2,1-5H3,(H,33,34). The summed E-state index contributed by atoms with van der Waals surface area (Å²) in [7, 11) is 0. The third-order valence-electron chi connectivity index (χ3n) is 6.08. The van der Waals surface area contributed by atoms with Crippen molar-refractivity contribution in [1.29, 1.82) is 0 Å². The van der Waals surface area contributed by atoms with Gasteiger partial charge in [0.1, 0.15) is 0 Å². The van der Waals surface area contributed by atoms with E-state index in [1.54, 1.807) is 13.0 Å². The number of carboxylic acid groups (broad SMARTS) is 1. The number of hydrogen-bond donors (Lipinski definition) is 1. The monoisotopic (exact) mass is 478 g/mol. The van der Waals surface area contributed by atoms with Crippen LogP contribution in [-0.4, -0.2) is 17.7 Å². The van der Waals surface area contributed by atoms with Gasteiger partial charge in [-0.3, -0.25) is 0 Å². The predicted molar refractivity (Wildman–Crippen MR) is 149 cm³/mol. The van der Waals surface area contributed by atoms with Crippen LogP contribution in [0.5, 0.6) is 0 Å². The fourth-order valence-electron chi connectivity index (χ4n) is 3.60. The van der Waals surface area contributed by atoms with E-state index in [0.29, 0.717) is 18.8 Å². The summed E-state index contributed by atoms with van der Waals surface area (Å²) in [5.74, 6) is -0.829. The fraction of sp³-hybridized carbons (Fsp3) is 0.469. The number of benzene rings is 1. The van der Waals surface area contributed by atoms with E-state index in [2.05, 4.69) is 64.1 Å². The molecule has 3 nitrogen and oxygen atoms in total. The van der Waals surface area contributed by atoms with E-state index >= 15 is 0 Å². The molecule has 1 aromatic carbocycles. The highest BCUT2D eigenvalue weighted by atomic mass is 16.5. The Balaban J connectivity index is 2.20. The van der Waals surface area contributed by atoms with Crippen LogP contribution in [0, 0.1) is 0 Å². The van der Waals surface area contributed by atoms with Crippen molar-refractivity contribution in [1.82, 2.24) is 0 Å². The van der Waals surface area contributed by atoms with Crippen molar-refractivity contribution in [2.24, 2.45) is 0 Å². The van der Waals surface area contributed by atoms with Gasteiger partial charge in [-0.05, 0) is 91.5 Å². The van der Waals surface area contributed by atoms with Crippen LogP contribution in [0.2, 0.25) is 0 Å². The molecule has 192 valence electrons. The molecule has 0 amide bonds. The molecule has 0 bridgehead atoms. The van der Waals surface area contributed by atoms with Crippen molar-refractivity contribution in [2.75, 3.05) is 6.61 Å². The van der Waals surface area contributed by atoms with Gasteiger partial charge in [-0.2, -0.15) is 0 Å². The average Bonchev–Trinajstić information content (AvgIpc) is 2.82. The minimum Gasteiger partial charge on any atom is -0.478 e. The summed E-state index contributed by atoms with van der Waals surface area (Å²) in [6, 6.07) is 10.3. The Morgan fingerprint density at radius 1 is 0.686 bits per heavy atom. The molecule has 35 heavy (non-hydrogen) atoms. The molecule has 0 spiro atoms. The van der Waals surface area contributed by atoms with Gasteiger partial charge in [-0.1, -0.05) is 83.0 Å². The second kappa shape index (κ2) is 18.6. The molecule has 1 aromatic rings. The van der Waals surface area contributed by atoms with Gasteiger partial charge in [-0.15, -0.1) is 0 Å². The van der Waals surface area contributed by atoms with E-state index in [9.17, 15) is 4.79 Å². The molecule has 0 fully saturated rings. The molecule has 1 rings (SSSR count). The summed E-state index contributed by atoms with van der Waals surface area (Å²) in [5.41, 5.74) is 7.26. The molecular weight excluding hydrogens is 432 g/mol. The maximum Gasteiger partial charge on any atom is 0.330 e. The van der Waals surface area contributed by atoms with Crippen LogP contribution in [-0.2, 0) is 16.1 Å². The number of ether oxygens (including phenoxy) is 1. The van der Waals surface area contributed by atoms with Crippen molar-refractivity contribution < 1.29 is 14.6 Å². The molecule has 0 saturated heterocycles. The Morgan fingerprint density at radius 2 is 1.11 bits per heavy atom. The molecule has 0 aliphatic rings. The summed E-state index contributed by atoms with van der Waals surface area (Å²) in [5, 5.41) is 8.89. The minimum absolute atomic E-state index is 0.427. The Bertz CT molecular complexity index is 898. The molecule has 0 atom stereocenters. The average molecular weight is 479 g/mol. The lowest BCUT2D eigenvalue weighted by Crippen LogP contribution is -1.95. The van der Waals surface area contributed by atoms with Crippen molar-refractivity contribution in [2.45, 2.75) is 92.6 Å². The summed E-state index contributed by atoms with van der Waals surface area (Å²) in [6.45, 7) is 11.8. The smallest absolute Gasteiger partial charge is 0.330 e. The Hall–Kier alpha value is -2.65. The number of carbonyl (C=O) groups is 1. The number of allylic oxidation sites excluding steroid dienone is 8. The Morgan fingerprint density at radius 3 is 1.57 bits per heavy atom. The lowest BCUT2D eigenvalue weighted by Gasteiger charge is -2.04. The number of hydrogen-bond acceptors (Lipinski definition) is 2. The quantitative estimate of drug-likeness (QED) is 0.138. The first-order valence-electron chi connectivity index (χ1n) is 12.9. The van der Waals surface area contributed by atoms with E-state index in [0.717, 1.165) is 51.4 Å². The van der Waals surface area contributed by atoms with Crippen LogP contribution in [0.4, 0.5) is 0 Å². The van der Waals surface area contributed by atoms with E-state index in [1.165, 1.54) is 27.9 Å². The third-order valence-corrected chi connectivity index (χ3v) is 6.08. The number of rotatable bonds is 17. The highest BCUT2D eigenvalue weighted by molar-refractivity contribution is 5.85. The molecular formula is C32H46O3. The van der Waals surface area contributed by atoms with Crippen LogP contribution < -0.4 is 0 Å². The van der Waals surface area contributed by atoms with Gasteiger partial charge in [0.05, 0.1) is 13.2 Å². The summed E-state index contributed by atoms with van der Waals surface area (Å²) in [4.78, 5) is 10.8. The van der Waals surface area contributed by atoms with Crippen LogP contribution >= 0.6 is 0 Å². The second-order valence-corrected chi connectivity index (χ2v) is 9.55. The molecule has 0 unspecified atom stereocenters. The van der Waals surface area contributed by atoms with Gasteiger partial charge < -0.3 is 9.84 Å². The van der Waals surface area contributed by atoms with E-state index in [4.69, 9.17) is 9.84 Å². The molecule has 1 N–H and O–H groups in total. The van der Waals surface area contributed by atoms with E-state index in [1.807, 2.05) is 18.2 Å². The molecule has 3 heteroatoms. The predicted octanol–water partition coefficient (Wildman–Crippen LogP) is 9.14. The van der Waals surface area contributed by atoms with Crippen molar-refractivity contribution in [3.8, 4) is 0 Å². The van der Waals surface area contributed by atoms with Crippen LogP contribution in [0.1, 0.15) is 91.5 Å². The number of carboxylic acids is 1. The van der Waals surface area contributed by atoms with Crippen LogP contribution in [0.3, 0.4) is 0 Å². The summed E-state index contributed by atoms with van der Waals surface area (Å²) >= 11 is 0. The number of aliphatic carboxylic acids is 1. The zero-order chi connectivity index (χ0) is 25.9. The van der Waals surface area contributed by atoms with Crippen LogP contribution in [0.25, 0.3) is 0 Å². The van der Waals surface area contributed by atoms with Crippen LogP contribution in [0.15, 0.2) is 88.6 Å². The lowest BCUT2D eigenvalue weighted by atomic mass is 10.0. The molecule has 0 heterocycles. The van der Waals surface area contributed by atoms with Gasteiger partial charge in [-0.25, -0.2) is 4.79 Å². The normalized spacial score (nSPS) is 13.9. The van der Waals surface area contributed by atoms with Gasteiger partial charge in [0.15, 0.2) is 0 Å². The Kier molecular flexibility index (Phi) is 16.2. The van der Waals surface area contributed by atoms with Crippen molar-refractivity contribution in [3.05, 3.63) is 94.1 Å². The fourth-order valence-corrected chi connectivity index (χ4v) is 3.60. The maximum atomic E-state index is 10.8. The topological polar surface area (TPSA) is 46.5 Å². The van der Waals surface area contributed by atoms with Gasteiger partial charge in [0, 0.05) is 5.57 Å². The third kappa shape index (κ3) is 16.6. The second-order valence-electron chi connectivity index (χ2n) is 9.55. The zero-order valence-electron chi connectivity index (χ0n) is 22.6. The van der Waals surface area contributed by atoms with E-state index < -0.39 is 5.97 Å². The minimum atomic E-state index is -0.829. The first-order chi connectivity index (χ1) is 16.8. The first kappa shape index (κ1) is 30.4. The highest BCUT2D eigenvalue weighted by Gasteiger charge is 1.99. The maximum absolute atomic E-state index is 10.8. The summed E-state index contributed by atoms with van der Waals surface area (Å²) < 4.78 is 5.74. The van der Waals surface area contributed by atoms with Crippen molar-refractivity contribution >= 4 is 5.97 Å². The van der Waals surface area contributed by atoms with Gasteiger partial charge in [0.25, 0.3) is 0 Å². The lowest BCUT2D eigenvalue weighted by molar-refractivity contribution is -0.132. The molecule has 0 radical (unpaired) electrons. The molecule has 0 aromatic heterocycles. The Labute approximate surface area is 214 Å². The van der Waals surface area contributed by atoms with Crippen molar-refractivity contribution in [3.63, 3.8) is 0 Å². The largest absolute Gasteiger partial charge is 0.478 e. The van der Waals surface area contributed by atoms with Gasteiger partial charge in [0.2, 0.25) is 0 Å². The SMILES string of the molecule is CC(=CCCC(C)=CCCC(C)=CCOCc1ccccc1)CCC=C(C)CCC=C(C)C(=O)O.